The molecule has 0 radical (unpaired) electrons. The predicted octanol–water partition coefficient (Wildman–Crippen LogP) is 2.45. The summed E-state index contributed by atoms with van der Waals surface area (Å²) in [5, 5.41) is 3.33. The number of benzene rings is 1. The fourth-order valence-corrected chi connectivity index (χ4v) is 2.91. The lowest BCUT2D eigenvalue weighted by Gasteiger charge is -2.28. The fourth-order valence-electron chi connectivity index (χ4n) is 2.35. The van der Waals surface area contributed by atoms with Gasteiger partial charge in [-0.25, -0.2) is 9.78 Å². The fraction of sp³-hybridized carbons (Fsp3) is 0.357. The van der Waals surface area contributed by atoms with Crippen molar-refractivity contribution in [1.29, 1.82) is 0 Å². The molecule has 2 aromatic rings. The van der Waals surface area contributed by atoms with E-state index in [-0.39, 0.29) is 6.03 Å². The number of carbonyl (C=O) groups is 1. The summed E-state index contributed by atoms with van der Waals surface area (Å²) >= 11 is 1.20. The summed E-state index contributed by atoms with van der Waals surface area (Å²) < 4.78 is 9.28. The second-order valence-corrected chi connectivity index (χ2v) is 5.63. The lowest BCUT2D eigenvalue weighted by atomic mass is 10.00. The largest absolute Gasteiger partial charge is 0.497 e. The van der Waals surface area contributed by atoms with Crippen LogP contribution in [-0.2, 0) is 13.0 Å². The van der Waals surface area contributed by atoms with Gasteiger partial charge in [-0.05, 0) is 36.6 Å². The number of amides is 2. The van der Waals surface area contributed by atoms with Gasteiger partial charge < -0.3 is 9.64 Å². The number of hydrogen-bond acceptors (Lipinski definition) is 5. The highest BCUT2D eigenvalue weighted by atomic mass is 32.1. The van der Waals surface area contributed by atoms with E-state index in [4.69, 9.17) is 4.74 Å². The minimum Gasteiger partial charge on any atom is -0.497 e. The Hall–Kier alpha value is -2.15. The Morgan fingerprint density at radius 3 is 3.00 bits per heavy atom. The van der Waals surface area contributed by atoms with Gasteiger partial charge in [0.15, 0.2) is 0 Å². The number of fused-ring (bicyclic) bond motifs is 1. The molecule has 7 heteroatoms. The van der Waals surface area contributed by atoms with Crippen LogP contribution in [0.15, 0.2) is 18.2 Å². The predicted molar refractivity (Wildman–Crippen MR) is 80.8 cm³/mol. The van der Waals surface area contributed by atoms with Crippen molar-refractivity contribution in [2.75, 3.05) is 19.0 Å². The molecule has 0 saturated heterocycles. The smallest absolute Gasteiger partial charge is 0.323 e. The van der Waals surface area contributed by atoms with E-state index in [1.54, 1.807) is 18.9 Å². The first kappa shape index (κ1) is 13.8. The highest BCUT2D eigenvalue weighted by Gasteiger charge is 2.21. The van der Waals surface area contributed by atoms with Gasteiger partial charge in [-0.3, -0.25) is 5.32 Å². The summed E-state index contributed by atoms with van der Waals surface area (Å²) in [5.41, 5.74) is 2.40. The van der Waals surface area contributed by atoms with Gasteiger partial charge in [0, 0.05) is 24.6 Å². The van der Waals surface area contributed by atoms with Crippen LogP contribution in [0, 0.1) is 6.92 Å². The van der Waals surface area contributed by atoms with Crippen LogP contribution in [0.25, 0.3) is 0 Å². The summed E-state index contributed by atoms with van der Waals surface area (Å²) in [4.78, 5) is 18.2. The quantitative estimate of drug-likeness (QED) is 0.925. The van der Waals surface area contributed by atoms with Crippen LogP contribution < -0.4 is 10.1 Å². The first-order chi connectivity index (χ1) is 10.2. The lowest BCUT2D eigenvalue weighted by Crippen LogP contribution is -2.38. The van der Waals surface area contributed by atoms with Gasteiger partial charge in [0.05, 0.1) is 7.11 Å². The molecule has 0 fully saturated rings. The molecule has 1 aliphatic rings. The van der Waals surface area contributed by atoms with E-state index in [2.05, 4.69) is 14.7 Å². The van der Waals surface area contributed by atoms with Gasteiger partial charge in [0.2, 0.25) is 5.13 Å². The van der Waals surface area contributed by atoms with E-state index in [1.807, 2.05) is 18.2 Å². The number of hydrogen-bond donors (Lipinski definition) is 1. The Balaban J connectivity index is 1.69. The number of urea groups is 1. The average molecular weight is 304 g/mol. The molecular formula is C14H16N4O2S. The zero-order valence-electron chi connectivity index (χ0n) is 11.9. The van der Waals surface area contributed by atoms with Crippen molar-refractivity contribution in [3.63, 3.8) is 0 Å². The van der Waals surface area contributed by atoms with Crippen LogP contribution in [0.1, 0.15) is 17.0 Å². The van der Waals surface area contributed by atoms with E-state index < -0.39 is 0 Å². The van der Waals surface area contributed by atoms with Crippen LogP contribution in [0.2, 0.25) is 0 Å². The third-order valence-corrected chi connectivity index (χ3v) is 4.18. The molecule has 1 aromatic carbocycles. The molecule has 1 aromatic heterocycles. The lowest BCUT2D eigenvalue weighted by molar-refractivity contribution is 0.206. The normalized spacial score (nSPS) is 13.7. The zero-order valence-corrected chi connectivity index (χ0v) is 12.7. The molecule has 0 bridgehead atoms. The van der Waals surface area contributed by atoms with Crippen molar-refractivity contribution < 1.29 is 9.53 Å². The molecular weight excluding hydrogens is 288 g/mol. The number of methoxy groups -OCH3 is 1. The SMILES string of the molecule is COc1ccc2c(c1)CCN(C(=O)Nc1nc(C)ns1)C2. The van der Waals surface area contributed by atoms with Crippen molar-refractivity contribution in [2.45, 2.75) is 19.9 Å². The molecule has 1 aliphatic heterocycles. The highest BCUT2D eigenvalue weighted by molar-refractivity contribution is 7.09. The molecule has 0 spiro atoms. The maximum Gasteiger partial charge on any atom is 0.323 e. The minimum absolute atomic E-state index is 0.132. The van der Waals surface area contributed by atoms with Gasteiger partial charge >= 0.3 is 6.03 Å². The molecule has 110 valence electrons. The monoisotopic (exact) mass is 304 g/mol. The van der Waals surface area contributed by atoms with Crippen LogP contribution in [0.4, 0.5) is 9.93 Å². The molecule has 3 rings (SSSR count). The summed E-state index contributed by atoms with van der Waals surface area (Å²) in [6.45, 7) is 3.09. The maximum atomic E-state index is 12.2. The third-order valence-electron chi connectivity index (χ3n) is 3.45. The molecule has 0 saturated carbocycles. The van der Waals surface area contributed by atoms with Gasteiger partial charge in [0.1, 0.15) is 11.6 Å². The van der Waals surface area contributed by atoms with E-state index in [9.17, 15) is 4.79 Å². The van der Waals surface area contributed by atoms with Crippen molar-refractivity contribution in [2.24, 2.45) is 0 Å². The van der Waals surface area contributed by atoms with Gasteiger partial charge in [-0.15, -0.1) is 0 Å². The number of aryl methyl sites for hydroxylation is 1. The number of carbonyl (C=O) groups excluding carboxylic acids is 1. The van der Waals surface area contributed by atoms with Crippen LogP contribution in [-0.4, -0.2) is 33.9 Å². The molecule has 1 N–H and O–H groups in total. The summed E-state index contributed by atoms with van der Waals surface area (Å²) in [6.07, 6.45) is 0.828. The van der Waals surface area contributed by atoms with E-state index >= 15 is 0 Å². The molecule has 2 amide bonds. The van der Waals surface area contributed by atoms with Crippen LogP contribution in [0.3, 0.4) is 0 Å². The van der Waals surface area contributed by atoms with E-state index in [0.29, 0.717) is 24.0 Å². The third kappa shape index (κ3) is 2.97. The van der Waals surface area contributed by atoms with Crippen molar-refractivity contribution in [3.8, 4) is 5.75 Å². The number of nitrogens with one attached hydrogen (secondary N) is 1. The van der Waals surface area contributed by atoms with E-state index in [0.717, 1.165) is 17.7 Å². The number of rotatable bonds is 2. The van der Waals surface area contributed by atoms with Crippen LogP contribution in [0.5, 0.6) is 5.75 Å². The molecule has 0 unspecified atom stereocenters. The summed E-state index contributed by atoms with van der Waals surface area (Å²) in [6, 6.07) is 5.85. The average Bonchev–Trinajstić information content (AvgIpc) is 2.91. The topological polar surface area (TPSA) is 67.3 Å². The summed E-state index contributed by atoms with van der Waals surface area (Å²) in [7, 11) is 1.66. The molecule has 0 aliphatic carbocycles. The number of aromatic nitrogens is 2. The highest BCUT2D eigenvalue weighted by Crippen LogP contribution is 2.24. The number of ether oxygens (including phenoxy) is 1. The molecule has 0 atom stereocenters. The van der Waals surface area contributed by atoms with Gasteiger partial charge in [-0.2, -0.15) is 4.37 Å². The van der Waals surface area contributed by atoms with E-state index in [1.165, 1.54) is 17.1 Å². The Bertz CT molecular complexity index is 671. The van der Waals surface area contributed by atoms with Crippen molar-refractivity contribution in [1.82, 2.24) is 14.3 Å². The molecule has 21 heavy (non-hydrogen) atoms. The first-order valence-corrected chi connectivity index (χ1v) is 7.45. The van der Waals surface area contributed by atoms with Crippen molar-refractivity contribution >= 4 is 22.7 Å². The first-order valence-electron chi connectivity index (χ1n) is 6.68. The Kier molecular flexibility index (Phi) is 3.74. The summed E-state index contributed by atoms with van der Waals surface area (Å²) in [5.74, 6) is 1.53. The molecule has 2 heterocycles. The van der Waals surface area contributed by atoms with Gasteiger partial charge in [0.25, 0.3) is 0 Å². The number of nitrogens with zero attached hydrogens (tertiary/aromatic N) is 3. The minimum atomic E-state index is -0.132. The maximum absolute atomic E-state index is 12.2. The van der Waals surface area contributed by atoms with Crippen LogP contribution >= 0.6 is 11.5 Å². The van der Waals surface area contributed by atoms with Gasteiger partial charge in [-0.1, -0.05) is 6.07 Å². The Morgan fingerprint density at radius 1 is 1.43 bits per heavy atom. The number of anilines is 1. The Labute approximate surface area is 126 Å². The standard InChI is InChI=1S/C14H16N4O2S/c1-9-15-13(21-17-9)16-14(19)18-6-5-10-7-12(20-2)4-3-11(10)8-18/h3-4,7H,5-6,8H2,1-2H3,(H,15,16,17,19). The van der Waals surface area contributed by atoms with Crippen molar-refractivity contribution in [3.05, 3.63) is 35.2 Å². The second kappa shape index (κ2) is 5.69. The molecule has 6 nitrogen and oxygen atoms in total. The zero-order chi connectivity index (χ0) is 14.8. The Morgan fingerprint density at radius 2 is 2.29 bits per heavy atom. The second-order valence-electron chi connectivity index (χ2n) is 4.88.